The number of aromatic nitrogens is 3. The lowest BCUT2D eigenvalue weighted by Crippen LogP contribution is -1.90. The fourth-order valence-corrected chi connectivity index (χ4v) is 6.07. The molecule has 2 heterocycles. The van der Waals surface area contributed by atoms with Gasteiger partial charge in [0.2, 0.25) is 0 Å². The summed E-state index contributed by atoms with van der Waals surface area (Å²) in [4.78, 5) is 16.2. The lowest BCUT2D eigenvalue weighted by Gasteiger charge is -2.16. The molecule has 4 heteroatoms. The second kappa shape index (κ2) is 15.1. The summed E-state index contributed by atoms with van der Waals surface area (Å²) in [5.41, 5.74) is 9.63. The van der Waals surface area contributed by atoms with Crippen molar-refractivity contribution in [3.63, 3.8) is 0 Å². The molecule has 4 nitrogen and oxygen atoms in total. The summed E-state index contributed by atoms with van der Waals surface area (Å²) in [6.07, 6.45) is 22.2. The number of hydrogen-bond donors (Lipinski definition) is 0. The molecule has 0 amide bonds. The minimum absolute atomic E-state index is 1.03. The number of rotatable bonds is 4. The smallest absolute Gasteiger partial charge is 0.115 e. The molecule has 0 fully saturated rings. The Balaban J connectivity index is 0.000000241. The van der Waals surface area contributed by atoms with E-state index >= 15 is 0 Å². The second-order valence-electron chi connectivity index (χ2n) is 11.4. The van der Waals surface area contributed by atoms with Gasteiger partial charge in [-0.1, -0.05) is 110 Å². The molecule has 7 aromatic rings. The van der Waals surface area contributed by atoms with Crippen LogP contribution in [0.3, 0.4) is 0 Å². The van der Waals surface area contributed by atoms with Gasteiger partial charge in [-0.15, -0.1) is 0 Å². The molecule has 0 atom stereocenters. The zero-order valence-corrected chi connectivity index (χ0v) is 27.6. The van der Waals surface area contributed by atoms with Gasteiger partial charge in [-0.25, -0.2) is 9.97 Å². The van der Waals surface area contributed by atoms with Crippen molar-refractivity contribution in [1.82, 2.24) is 15.0 Å². The van der Waals surface area contributed by atoms with E-state index < -0.39 is 0 Å². The van der Waals surface area contributed by atoms with Gasteiger partial charge in [-0.05, 0) is 110 Å². The third-order valence-electron chi connectivity index (χ3n) is 8.67. The standard InChI is InChI=1S/C31H19N3.C10H12.C3H7N/c1-3-22(4-2-20(1)21-13-15-32-16-14-21)26-9-7-23-5-6-24-8-10-27(25-17-33-19-34-18-25)29-12-11-28(26)30(23)31(24)29;1-3-9-5-7-10(4-2)8-6-9;1-3-4-2/h1-19H;3-7H,1,8H2,2H3;3H,1-2H3/b;10-4-;. The largest absolute Gasteiger partial charge is 0.301 e. The van der Waals surface area contributed by atoms with E-state index in [0.29, 0.717) is 0 Å². The molecule has 2 aromatic heterocycles. The number of pyridine rings is 1. The molecular formula is C44H38N4. The zero-order chi connectivity index (χ0) is 33.3. The number of allylic oxidation sites excluding steroid dienone is 7. The predicted molar refractivity (Wildman–Crippen MR) is 206 cm³/mol. The first-order valence-electron chi connectivity index (χ1n) is 16.1. The molecule has 0 aliphatic heterocycles. The van der Waals surface area contributed by atoms with Crippen molar-refractivity contribution in [3.8, 4) is 33.4 Å². The van der Waals surface area contributed by atoms with E-state index in [4.69, 9.17) is 0 Å². The van der Waals surface area contributed by atoms with Crippen LogP contribution in [0.4, 0.5) is 0 Å². The van der Waals surface area contributed by atoms with Crippen molar-refractivity contribution in [2.45, 2.75) is 20.3 Å². The van der Waals surface area contributed by atoms with E-state index in [1.54, 1.807) is 19.6 Å². The third kappa shape index (κ3) is 6.74. The van der Waals surface area contributed by atoms with Crippen LogP contribution >= 0.6 is 0 Å². The zero-order valence-electron chi connectivity index (χ0n) is 27.6. The van der Waals surface area contributed by atoms with Crippen molar-refractivity contribution in [2.75, 3.05) is 7.05 Å². The quantitative estimate of drug-likeness (QED) is 0.145. The maximum atomic E-state index is 4.24. The number of aliphatic imine (C=N–C) groups is 1. The molecule has 48 heavy (non-hydrogen) atoms. The Morgan fingerprint density at radius 1 is 0.625 bits per heavy atom. The van der Waals surface area contributed by atoms with Gasteiger partial charge in [0.1, 0.15) is 6.33 Å². The molecule has 1 aliphatic carbocycles. The molecule has 0 N–H and O–H groups in total. The van der Waals surface area contributed by atoms with Crippen LogP contribution in [-0.4, -0.2) is 28.2 Å². The van der Waals surface area contributed by atoms with Gasteiger partial charge in [0, 0.05) is 37.4 Å². The minimum atomic E-state index is 1.03. The van der Waals surface area contributed by atoms with Crippen molar-refractivity contribution >= 4 is 38.5 Å². The van der Waals surface area contributed by atoms with E-state index in [2.05, 4.69) is 131 Å². The molecule has 1 aliphatic rings. The lowest BCUT2D eigenvalue weighted by atomic mass is 9.87. The summed E-state index contributed by atoms with van der Waals surface area (Å²) in [7, 11) is 1.75. The SMILES string of the molecule is C=CC1=CC/C(=C\C)C=C1.CC=NC.c1cc(-c2ccc(-c3ccc4ccc5ccc(-c6cncnc6)c6ccc3c4c56)cc2)ccn1. The summed E-state index contributed by atoms with van der Waals surface area (Å²) in [5.74, 6) is 0. The van der Waals surface area contributed by atoms with Crippen LogP contribution in [0.15, 0.2) is 169 Å². The molecule has 0 saturated heterocycles. The molecule has 234 valence electrons. The Hall–Kier alpha value is -6.00. The molecular weight excluding hydrogens is 585 g/mol. The van der Waals surface area contributed by atoms with Crippen LogP contribution in [-0.2, 0) is 0 Å². The summed E-state index contributed by atoms with van der Waals surface area (Å²) in [6.45, 7) is 7.65. The first-order valence-corrected chi connectivity index (χ1v) is 16.1. The highest BCUT2D eigenvalue weighted by Crippen LogP contribution is 2.42. The highest BCUT2D eigenvalue weighted by atomic mass is 14.8. The Bertz CT molecular complexity index is 2270. The second-order valence-corrected chi connectivity index (χ2v) is 11.4. The fourth-order valence-electron chi connectivity index (χ4n) is 6.07. The molecule has 5 aromatic carbocycles. The van der Waals surface area contributed by atoms with Crippen LogP contribution < -0.4 is 0 Å². The number of nitrogens with zero attached hydrogens (tertiary/aromatic N) is 4. The normalized spacial score (nSPS) is 13.3. The van der Waals surface area contributed by atoms with Gasteiger partial charge < -0.3 is 4.99 Å². The van der Waals surface area contributed by atoms with E-state index in [-0.39, 0.29) is 0 Å². The Labute approximate surface area is 282 Å². The molecule has 8 rings (SSSR count). The van der Waals surface area contributed by atoms with Gasteiger partial charge in [-0.3, -0.25) is 4.98 Å². The minimum Gasteiger partial charge on any atom is -0.301 e. The van der Waals surface area contributed by atoms with Gasteiger partial charge in [-0.2, -0.15) is 0 Å². The van der Waals surface area contributed by atoms with Crippen molar-refractivity contribution in [3.05, 3.63) is 164 Å². The Morgan fingerprint density at radius 3 is 1.69 bits per heavy atom. The molecule has 0 saturated carbocycles. The average molecular weight is 623 g/mol. The first kappa shape index (κ1) is 32.0. The third-order valence-corrected chi connectivity index (χ3v) is 8.67. The van der Waals surface area contributed by atoms with Crippen LogP contribution in [0, 0.1) is 0 Å². The molecule has 0 unspecified atom stereocenters. The van der Waals surface area contributed by atoms with Crippen LogP contribution in [0.2, 0.25) is 0 Å². The van der Waals surface area contributed by atoms with Gasteiger partial charge in [0.25, 0.3) is 0 Å². The fraction of sp³-hybridized carbons (Fsp3) is 0.0909. The number of hydrogen-bond acceptors (Lipinski definition) is 4. The van der Waals surface area contributed by atoms with Crippen molar-refractivity contribution < 1.29 is 0 Å². The van der Waals surface area contributed by atoms with Gasteiger partial charge in [0.15, 0.2) is 0 Å². The predicted octanol–water partition coefficient (Wildman–Crippen LogP) is 11.5. The van der Waals surface area contributed by atoms with E-state index in [1.165, 1.54) is 65.7 Å². The highest BCUT2D eigenvalue weighted by Gasteiger charge is 2.15. The Morgan fingerprint density at radius 2 is 1.17 bits per heavy atom. The number of benzene rings is 5. The summed E-state index contributed by atoms with van der Waals surface area (Å²) in [6, 6.07) is 30.7. The Kier molecular flexibility index (Phi) is 10.0. The van der Waals surface area contributed by atoms with Crippen molar-refractivity contribution in [2.24, 2.45) is 4.99 Å². The maximum absolute atomic E-state index is 4.24. The molecule has 0 bridgehead atoms. The van der Waals surface area contributed by atoms with Gasteiger partial charge in [0.05, 0.1) is 0 Å². The van der Waals surface area contributed by atoms with Crippen LogP contribution in [0.1, 0.15) is 20.3 Å². The lowest BCUT2D eigenvalue weighted by molar-refractivity contribution is 1.17. The van der Waals surface area contributed by atoms with Gasteiger partial charge >= 0.3 is 0 Å². The summed E-state index contributed by atoms with van der Waals surface area (Å²) >= 11 is 0. The van der Waals surface area contributed by atoms with E-state index in [1.807, 2.05) is 49.9 Å². The maximum Gasteiger partial charge on any atom is 0.115 e. The first-order chi connectivity index (χ1) is 23.6. The highest BCUT2D eigenvalue weighted by molar-refractivity contribution is 6.27. The topological polar surface area (TPSA) is 51.0 Å². The summed E-state index contributed by atoms with van der Waals surface area (Å²) < 4.78 is 0. The monoisotopic (exact) mass is 622 g/mol. The van der Waals surface area contributed by atoms with E-state index in [0.717, 1.165) is 17.5 Å². The van der Waals surface area contributed by atoms with Crippen LogP contribution in [0.25, 0.3) is 65.7 Å². The summed E-state index contributed by atoms with van der Waals surface area (Å²) in [5, 5.41) is 7.62. The van der Waals surface area contributed by atoms with Crippen LogP contribution in [0.5, 0.6) is 0 Å². The van der Waals surface area contributed by atoms with E-state index in [9.17, 15) is 0 Å². The van der Waals surface area contributed by atoms with Crippen molar-refractivity contribution in [1.29, 1.82) is 0 Å². The average Bonchev–Trinajstić information content (AvgIpc) is 3.18. The molecule has 0 spiro atoms. The molecule has 0 radical (unpaired) electrons.